The quantitative estimate of drug-likeness (QED) is 0.672. The summed E-state index contributed by atoms with van der Waals surface area (Å²) in [5, 5.41) is 13.0. The Kier molecular flexibility index (Phi) is 1.81. The second-order valence-electron chi connectivity index (χ2n) is 4.06. The summed E-state index contributed by atoms with van der Waals surface area (Å²) in [5.74, 6) is 0. The van der Waals surface area contributed by atoms with Gasteiger partial charge in [-0.3, -0.25) is 10.3 Å². The lowest BCUT2D eigenvalue weighted by Crippen LogP contribution is -2.40. The monoisotopic (exact) mass is 203 g/mol. The van der Waals surface area contributed by atoms with Gasteiger partial charge in [-0.15, -0.1) is 0 Å². The molecular formula is C11H13N3O. The van der Waals surface area contributed by atoms with Crippen LogP contribution in [-0.4, -0.2) is 20.7 Å². The summed E-state index contributed by atoms with van der Waals surface area (Å²) >= 11 is 0. The van der Waals surface area contributed by atoms with Crippen LogP contribution in [-0.2, 0) is 6.54 Å². The first-order valence-electron chi connectivity index (χ1n) is 5.14. The van der Waals surface area contributed by atoms with E-state index in [0.717, 1.165) is 23.3 Å². The average Bonchev–Trinajstić information content (AvgIpc) is 2.57. The van der Waals surface area contributed by atoms with E-state index in [-0.39, 0.29) is 6.04 Å². The molecule has 0 radical (unpaired) electrons. The van der Waals surface area contributed by atoms with E-state index in [1.165, 1.54) is 0 Å². The van der Waals surface area contributed by atoms with Crippen molar-refractivity contribution in [3.05, 3.63) is 30.1 Å². The molecule has 15 heavy (non-hydrogen) atoms. The second-order valence-corrected chi connectivity index (χ2v) is 4.06. The molecule has 1 aliphatic rings. The van der Waals surface area contributed by atoms with E-state index < -0.39 is 6.23 Å². The molecule has 78 valence electrons. The SMILES string of the molecule is C[C@@H]1Cn2c(cc3ncccc32)C(O)N1. The van der Waals surface area contributed by atoms with Gasteiger partial charge in [0.25, 0.3) is 0 Å². The standard InChI is InChI=1S/C11H13N3O/c1-7-6-14-9-3-2-4-12-8(9)5-10(14)11(15)13-7/h2-5,7,11,13,15H,6H2,1H3/t7-,11?/m1/s1. The van der Waals surface area contributed by atoms with Gasteiger partial charge in [0.1, 0.15) is 6.23 Å². The van der Waals surface area contributed by atoms with Crippen LogP contribution in [0.3, 0.4) is 0 Å². The van der Waals surface area contributed by atoms with Gasteiger partial charge in [0.15, 0.2) is 0 Å². The third-order valence-electron chi connectivity index (χ3n) is 2.88. The molecule has 0 saturated carbocycles. The zero-order valence-electron chi connectivity index (χ0n) is 8.51. The summed E-state index contributed by atoms with van der Waals surface area (Å²) in [5.41, 5.74) is 2.95. The predicted molar refractivity (Wildman–Crippen MR) is 57.3 cm³/mol. The second kappa shape index (κ2) is 3.05. The number of pyridine rings is 1. The fourth-order valence-electron chi connectivity index (χ4n) is 2.22. The zero-order chi connectivity index (χ0) is 10.4. The summed E-state index contributed by atoms with van der Waals surface area (Å²) < 4.78 is 2.13. The minimum absolute atomic E-state index is 0.281. The Morgan fingerprint density at radius 3 is 3.33 bits per heavy atom. The first kappa shape index (κ1) is 8.88. The molecule has 0 fully saturated rings. The smallest absolute Gasteiger partial charge is 0.146 e. The van der Waals surface area contributed by atoms with Gasteiger partial charge in [0.05, 0.1) is 16.7 Å². The Hall–Kier alpha value is -1.39. The van der Waals surface area contributed by atoms with E-state index in [4.69, 9.17) is 0 Å². The summed E-state index contributed by atoms with van der Waals surface area (Å²) in [4.78, 5) is 4.29. The van der Waals surface area contributed by atoms with Crippen molar-refractivity contribution in [3.8, 4) is 0 Å². The maximum Gasteiger partial charge on any atom is 0.146 e. The van der Waals surface area contributed by atoms with Crippen LogP contribution in [0.2, 0.25) is 0 Å². The van der Waals surface area contributed by atoms with Gasteiger partial charge in [0, 0.05) is 18.8 Å². The normalized spacial score (nSPS) is 25.5. The molecule has 0 amide bonds. The molecule has 4 nitrogen and oxygen atoms in total. The summed E-state index contributed by atoms with van der Waals surface area (Å²) in [6.07, 6.45) is 1.19. The Morgan fingerprint density at radius 2 is 2.47 bits per heavy atom. The highest BCUT2D eigenvalue weighted by Gasteiger charge is 2.23. The highest BCUT2D eigenvalue weighted by molar-refractivity contribution is 5.77. The first-order valence-corrected chi connectivity index (χ1v) is 5.14. The molecule has 3 rings (SSSR count). The molecule has 0 saturated heterocycles. The van der Waals surface area contributed by atoms with Crippen LogP contribution in [0.15, 0.2) is 24.4 Å². The minimum atomic E-state index is -0.581. The lowest BCUT2D eigenvalue weighted by Gasteiger charge is -2.28. The van der Waals surface area contributed by atoms with Crippen molar-refractivity contribution in [2.75, 3.05) is 0 Å². The number of nitrogens with one attached hydrogen (secondary N) is 1. The Bertz CT molecular complexity index is 506. The maximum absolute atomic E-state index is 9.87. The summed E-state index contributed by atoms with van der Waals surface area (Å²) in [6, 6.07) is 6.19. The molecule has 0 bridgehead atoms. The molecule has 2 aromatic heterocycles. The molecule has 3 heterocycles. The molecule has 1 aliphatic heterocycles. The van der Waals surface area contributed by atoms with Crippen molar-refractivity contribution in [2.24, 2.45) is 0 Å². The van der Waals surface area contributed by atoms with Crippen LogP contribution in [0.25, 0.3) is 11.0 Å². The van der Waals surface area contributed by atoms with E-state index in [1.54, 1.807) is 6.20 Å². The number of hydrogen-bond acceptors (Lipinski definition) is 3. The largest absolute Gasteiger partial charge is 0.373 e. The third kappa shape index (κ3) is 1.26. The number of aliphatic hydroxyl groups excluding tert-OH is 1. The van der Waals surface area contributed by atoms with E-state index >= 15 is 0 Å². The van der Waals surface area contributed by atoms with Crippen molar-refractivity contribution in [2.45, 2.75) is 25.7 Å². The van der Waals surface area contributed by atoms with Gasteiger partial charge in [-0.25, -0.2) is 0 Å². The van der Waals surface area contributed by atoms with Crippen molar-refractivity contribution in [3.63, 3.8) is 0 Å². The fourth-order valence-corrected chi connectivity index (χ4v) is 2.22. The van der Waals surface area contributed by atoms with Crippen LogP contribution < -0.4 is 5.32 Å². The molecular weight excluding hydrogens is 190 g/mol. The number of fused-ring (bicyclic) bond motifs is 3. The van der Waals surface area contributed by atoms with E-state index in [0.29, 0.717) is 0 Å². The number of rotatable bonds is 0. The molecule has 2 N–H and O–H groups in total. The molecule has 4 heteroatoms. The average molecular weight is 203 g/mol. The first-order chi connectivity index (χ1) is 7.25. The van der Waals surface area contributed by atoms with Crippen molar-refractivity contribution < 1.29 is 5.11 Å². The summed E-state index contributed by atoms with van der Waals surface area (Å²) in [6.45, 7) is 2.94. The highest BCUT2D eigenvalue weighted by atomic mass is 16.3. The number of nitrogens with zero attached hydrogens (tertiary/aromatic N) is 2. The van der Waals surface area contributed by atoms with Crippen LogP contribution in [0.4, 0.5) is 0 Å². The van der Waals surface area contributed by atoms with Gasteiger partial charge in [0.2, 0.25) is 0 Å². The van der Waals surface area contributed by atoms with Crippen molar-refractivity contribution in [1.82, 2.24) is 14.9 Å². The predicted octanol–water partition coefficient (Wildman–Crippen LogP) is 1.02. The lowest BCUT2D eigenvalue weighted by atomic mass is 10.2. The molecule has 1 unspecified atom stereocenters. The Balaban J connectivity index is 2.27. The van der Waals surface area contributed by atoms with Gasteiger partial charge in [-0.2, -0.15) is 0 Å². The molecule has 2 aromatic rings. The highest BCUT2D eigenvalue weighted by Crippen LogP contribution is 2.25. The van der Waals surface area contributed by atoms with E-state index in [2.05, 4.69) is 21.8 Å². The van der Waals surface area contributed by atoms with Crippen LogP contribution >= 0.6 is 0 Å². The lowest BCUT2D eigenvalue weighted by molar-refractivity contribution is 0.0977. The zero-order valence-corrected chi connectivity index (χ0v) is 8.51. The van der Waals surface area contributed by atoms with Crippen molar-refractivity contribution >= 4 is 11.0 Å². The van der Waals surface area contributed by atoms with Gasteiger partial charge in [-0.1, -0.05) is 0 Å². The fraction of sp³-hybridized carbons (Fsp3) is 0.364. The molecule has 2 atom stereocenters. The third-order valence-corrected chi connectivity index (χ3v) is 2.88. The van der Waals surface area contributed by atoms with E-state index in [9.17, 15) is 5.11 Å². The Labute approximate surface area is 87.5 Å². The number of aliphatic hydroxyl groups is 1. The Morgan fingerprint density at radius 1 is 1.60 bits per heavy atom. The minimum Gasteiger partial charge on any atom is -0.373 e. The van der Waals surface area contributed by atoms with Crippen LogP contribution in [0.5, 0.6) is 0 Å². The maximum atomic E-state index is 9.87. The van der Waals surface area contributed by atoms with E-state index in [1.807, 2.05) is 18.2 Å². The van der Waals surface area contributed by atoms with Gasteiger partial charge in [-0.05, 0) is 25.1 Å². The topological polar surface area (TPSA) is 50.1 Å². The number of aromatic nitrogens is 2. The van der Waals surface area contributed by atoms with Gasteiger partial charge >= 0.3 is 0 Å². The van der Waals surface area contributed by atoms with Crippen LogP contribution in [0.1, 0.15) is 18.8 Å². The van der Waals surface area contributed by atoms with Crippen molar-refractivity contribution in [1.29, 1.82) is 0 Å². The molecule has 0 aliphatic carbocycles. The van der Waals surface area contributed by atoms with Crippen LogP contribution in [0, 0.1) is 0 Å². The molecule has 0 spiro atoms. The number of hydrogen-bond donors (Lipinski definition) is 2. The molecule has 0 aromatic carbocycles. The summed E-state index contributed by atoms with van der Waals surface area (Å²) in [7, 11) is 0. The van der Waals surface area contributed by atoms with Gasteiger partial charge < -0.3 is 9.67 Å².